The van der Waals surface area contributed by atoms with E-state index < -0.39 is 0 Å². The number of aliphatic hydroxyl groups is 1. The molecular weight excluding hydrogens is 166 g/mol. The third-order valence-corrected chi connectivity index (χ3v) is 2.87. The van der Waals surface area contributed by atoms with Crippen molar-refractivity contribution in [1.82, 2.24) is 14.8 Å². The van der Waals surface area contributed by atoms with Crippen molar-refractivity contribution in [2.45, 2.75) is 31.8 Å². The van der Waals surface area contributed by atoms with Gasteiger partial charge in [-0.2, -0.15) is 5.10 Å². The lowest BCUT2D eigenvalue weighted by molar-refractivity contribution is 0.131. The Balaban J connectivity index is 2.01. The Morgan fingerprint density at radius 2 is 2.46 bits per heavy atom. The maximum Gasteiger partial charge on any atom is 0.138 e. The molecule has 4 heteroatoms. The van der Waals surface area contributed by atoms with Gasteiger partial charge >= 0.3 is 0 Å². The summed E-state index contributed by atoms with van der Waals surface area (Å²) >= 11 is 0. The molecule has 1 aromatic rings. The SMILES string of the molecule is Cn1ncnc1C[C@@H]1CCC[C@H]1O. The number of rotatable bonds is 2. The number of hydrogen-bond acceptors (Lipinski definition) is 3. The summed E-state index contributed by atoms with van der Waals surface area (Å²) in [5.74, 6) is 1.37. The monoisotopic (exact) mass is 181 g/mol. The van der Waals surface area contributed by atoms with E-state index in [2.05, 4.69) is 10.1 Å². The van der Waals surface area contributed by atoms with E-state index in [4.69, 9.17) is 0 Å². The molecule has 2 rings (SSSR count). The molecule has 1 aliphatic carbocycles. The Labute approximate surface area is 77.6 Å². The normalized spacial score (nSPS) is 28.2. The molecule has 0 aromatic carbocycles. The second-order valence-electron chi connectivity index (χ2n) is 3.76. The van der Waals surface area contributed by atoms with E-state index in [1.165, 1.54) is 0 Å². The molecule has 72 valence electrons. The molecule has 1 saturated carbocycles. The lowest BCUT2D eigenvalue weighted by Crippen LogP contribution is -2.17. The molecule has 0 saturated heterocycles. The third kappa shape index (κ3) is 1.72. The van der Waals surface area contributed by atoms with Gasteiger partial charge in [0.25, 0.3) is 0 Å². The topological polar surface area (TPSA) is 50.9 Å². The Bertz CT molecular complexity index is 284. The van der Waals surface area contributed by atoms with Crippen LogP contribution in [-0.2, 0) is 13.5 Å². The fourth-order valence-corrected chi connectivity index (χ4v) is 1.99. The van der Waals surface area contributed by atoms with Crippen LogP contribution in [-0.4, -0.2) is 26.0 Å². The summed E-state index contributed by atoms with van der Waals surface area (Å²) in [5.41, 5.74) is 0. The van der Waals surface area contributed by atoms with Gasteiger partial charge in [-0.3, -0.25) is 4.68 Å². The molecule has 1 aliphatic rings. The Morgan fingerprint density at radius 3 is 3.00 bits per heavy atom. The van der Waals surface area contributed by atoms with E-state index in [0.29, 0.717) is 5.92 Å². The van der Waals surface area contributed by atoms with Crippen molar-refractivity contribution < 1.29 is 5.11 Å². The number of aryl methyl sites for hydroxylation is 1. The third-order valence-electron chi connectivity index (χ3n) is 2.87. The molecule has 1 N–H and O–H groups in total. The first kappa shape index (κ1) is 8.69. The van der Waals surface area contributed by atoms with E-state index in [-0.39, 0.29) is 6.10 Å². The van der Waals surface area contributed by atoms with Gasteiger partial charge in [0.2, 0.25) is 0 Å². The lowest BCUT2D eigenvalue weighted by atomic mass is 10.0. The summed E-state index contributed by atoms with van der Waals surface area (Å²) in [5, 5.41) is 13.6. The zero-order valence-corrected chi connectivity index (χ0v) is 7.85. The Kier molecular flexibility index (Phi) is 2.31. The van der Waals surface area contributed by atoms with Crippen LogP contribution >= 0.6 is 0 Å². The standard InChI is InChI=1S/C9H15N3O/c1-12-9(10-6-11-12)5-7-3-2-4-8(7)13/h6-8,13H,2-5H2,1H3/t7-,8+/m0/s1. The zero-order chi connectivity index (χ0) is 9.26. The molecule has 0 spiro atoms. The summed E-state index contributed by atoms with van der Waals surface area (Å²) in [6, 6.07) is 0. The molecule has 1 aromatic heterocycles. The quantitative estimate of drug-likeness (QED) is 0.723. The molecule has 0 radical (unpaired) electrons. The van der Waals surface area contributed by atoms with Crippen LogP contribution in [0.1, 0.15) is 25.1 Å². The van der Waals surface area contributed by atoms with Gasteiger partial charge in [0.05, 0.1) is 6.10 Å². The number of aromatic nitrogens is 3. The van der Waals surface area contributed by atoms with Crippen molar-refractivity contribution in [1.29, 1.82) is 0 Å². The minimum atomic E-state index is -0.128. The second kappa shape index (κ2) is 3.46. The highest BCUT2D eigenvalue weighted by Gasteiger charge is 2.26. The minimum absolute atomic E-state index is 0.128. The first-order valence-corrected chi connectivity index (χ1v) is 4.78. The van der Waals surface area contributed by atoms with Crippen LogP contribution in [0.15, 0.2) is 6.33 Å². The van der Waals surface area contributed by atoms with Gasteiger partial charge in [-0.15, -0.1) is 0 Å². The van der Waals surface area contributed by atoms with Crippen LogP contribution < -0.4 is 0 Å². The fraction of sp³-hybridized carbons (Fsp3) is 0.778. The van der Waals surface area contributed by atoms with Crippen LogP contribution in [0.25, 0.3) is 0 Å². The number of nitrogens with zero attached hydrogens (tertiary/aromatic N) is 3. The highest BCUT2D eigenvalue weighted by molar-refractivity contribution is 4.90. The summed E-state index contributed by atoms with van der Waals surface area (Å²) < 4.78 is 1.78. The highest BCUT2D eigenvalue weighted by Crippen LogP contribution is 2.27. The summed E-state index contributed by atoms with van der Waals surface area (Å²) in [7, 11) is 1.89. The van der Waals surface area contributed by atoms with Crippen LogP contribution in [0.4, 0.5) is 0 Å². The van der Waals surface area contributed by atoms with Crippen molar-refractivity contribution in [3.8, 4) is 0 Å². The van der Waals surface area contributed by atoms with Gasteiger partial charge in [0.15, 0.2) is 0 Å². The molecule has 0 bridgehead atoms. The van der Waals surface area contributed by atoms with Crippen LogP contribution in [0.3, 0.4) is 0 Å². The largest absolute Gasteiger partial charge is 0.393 e. The van der Waals surface area contributed by atoms with E-state index in [0.717, 1.165) is 31.5 Å². The number of aliphatic hydroxyl groups excluding tert-OH is 1. The van der Waals surface area contributed by atoms with Crippen LogP contribution in [0.2, 0.25) is 0 Å². The molecule has 1 fully saturated rings. The molecule has 0 amide bonds. The van der Waals surface area contributed by atoms with Gasteiger partial charge in [0, 0.05) is 13.5 Å². The maximum atomic E-state index is 9.62. The predicted molar refractivity (Wildman–Crippen MR) is 48.1 cm³/mol. The minimum Gasteiger partial charge on any atom is -0.393 e. The average molecular weight is 181 g/mol. The van der Waals surface area contributed by atoms with E-state index >= 15 is 0 Å². The van der Waals surface area contributed by atoms with Crippen LogP contribution in [0.5, 0.6) is 0 Å². The summed E-state index contributed by atoms with van der Waals surface area (Å²) in [6.07, 6.45) is 5.51. The maximum absolute atomic E-state index is 9.62. The zero-order valence-electron chi connectivity index (χ0n) is 7.85. The molecular formula is C9H15N3O. The van der Waals surface area contributed by atoms with E-state index in [1.807, 2.05) is 7.05 Å². The van der Waals surface area contributed by atoms with Crippen LogP contribution in [0, 0.1) is 5.92 Å². The van der Waals surface area contributed by atoms with Gasteiger partial charge in [-0.05, 0) is 18.8 Å². The van der Waals surface area contributed by atoms with Crippen molar-refractivity contribution in [2.24, 2.45) is 13.0 Å². The van der Waals surface area contributed by atoms with Gasteiger partial charge in [0.1, 0.15) is 12.2 Å². The van der Waals surface area contributed by atoms with E-state index in [1.54, 1.807) is 11.0 Å². The molecule has 1 heterocycles. The first-order chi connectivity index (χ1) is 6.27. The first-order valence-electron chi connectivity index (χ1n) is 4.78. The molecule has 2 atom stereocenters. The summed E-state index contributed by atoms with van der Waals surface area (Å²) in [4.78, 5) is 4.15. The lowest BCUT2D eigenvalue weighted by Gasteiger charge is -2.12. The molecule has 0 unspecified atom stereocenters. The van der Waals surface area contributed by atoms with Gasteiger partial charge in [-0.25, -0.2) is 4.98 Å². The van der Waals surface area contributed by atoms with Crippen molar-refractivity contribution in [2.75, 3.05) is 0 Å². The van der Waals surface area contributed by atoms with E-state index in [9.17, 15) is 5.11 Å². The molecule has 0 aliphatic heterocycles. The van der Waals surface area contributed by atoms with Crippen molar-refractivity contribution >= 4 is 0 Å². The Hall–Kier alpha value is -0.900. The van der Waals surface area contributed by atoms with Crippen molar-refractivity contribution in [3.63, 3.8) is 0 Å². The molecule has 13 heavy (non-hydrogen) atoms. The second-order valence-corrected chi connectivity index (χ2v) is 3.76. The molecule has 4 nitrogen and oxygen atoms in total. The average Bonchev–Trinajstić information content (AvgIpc) is 2.65. The van der Waals surface area contributed by atoms with Gasteiger partial charge in [-0.1, -0.05) is 6.42 Å². The van der Waals surface area contributed by atoms with Gasteiger partial charge < -0.3 is 5.11 Å². The predicted octanol–water partition coefficient (Wildman–Crippen LogP) is 0.519. The highest BCUT2D eigenvalue weighted by atomic mass is 16.3. The smallest absolute Gasteiger partial charge is 0.138 e. The van der Waals surface area contributed by atoms with Crippen molar-refractivity contribution in [3.05, 3.63) is 12.2 Å². The summed E-state index contributed by atoms with van der Waals surface area (Å²) in [6.45, 7) is 0. The Morgan fingerprint density at radius 1 is 1.62 bits per heavy atom. The fourth-order valence-electron chi connectivity index (χ4n) is 1.99. The number of hydrogen-bond donors (Lipinski definition) is 1.